The number of aromatic amines is 1. The zero-order chi connectivity index (χ0) is 19.3. The van der Waals surface area contributed by atoms with Crippen LogP contribution >= 0.6 is 0 Å². The molecule has 1 N–H and O–H groups in total. The van der Waals surface area contributed by atoms with Crippen LogP contribution in [-0.4, -0.2) is 41.0 Å². The zero-order valence-electron chi connectivity index (χ0n) is 16.5. The van der Waals surface area contributed by atoms with Crippen LogP contribution in [0.1, 0.15) is 56.9 Å². The van der Waals surface area contributed by atoms with Gasteiger partial charge in [-0.25, -0.2) is 0 Å². The fraction of sp³-hybridized carbons (Fsp3) is 0.565. The van der Waals surface area contributed by atoms with Gasteiger partial charge in [0.1, 0.15) is 0 Å². The number of aryl methyl sites for hydroxylation is 1. The second-order valence-corrected chi connectivity index (χ2v) is 8.21. The Hall–Kier alpha value is -2.30. The van der Waals surface area contributed by atoms with Gasteiger partial charge in [0.05, 0.1) is 0 Å². The number of aromatic nitrogens is 1. The summed E-state index contributed by atoms with van der Waals surface area (Å²) < 4.78 is 5.31. The van der Waals surface area contributed by atoms with E-state index in [0.29, 0.717) is 18.4 Å². The first-order chi connectivity index (χ1) is 13.7. The lowest BCUT2D eigenvalue weighted by Gasteiger charge is -2.44. The van der Waals surface area contributed by atoms with Gasteiger partial charge in [-0.3, -0.25) is 9.59 Å². The van der Waals surface area contributed by atoms with Crippen molar-refractivity contribution in [1.29, 1.82) is 0 Å². The Balaban J connectivity index is 1.21. The highest BCUT2D eigenvalue weighted by Gasteiger charge is 2.35. The lowest BCUT2D eigenvalue weighted by molar-refractivity contribution is -0.154. The summed E-state index contributed by atoms with van der Waals surface area (Å²) in [6.45, 7) is 0.716. The van der Waals surface area contributed by atoms with Crippen LogP contribution < -0.4 is 0 Å². The van der Waals surface area contributed by atoms with E-state index in [1.807, 2.05) is 23.2 Å². The van der Waals surface area contributed by atoms with Crippen molar-refractivity contribution in [3.05, 3.63) is 36.0 Å². The molecule has 4 rings (SSSR count). The Kier molecular flexibility index (Phi) is 5.98. The molecule has 5 heteroatoms. The molecule has 1 aromatic carbocycles. The molecule has 0 bridgehead atoms. The lowest BCUT2D eigenvalue weighted by Crippen LogP contribution is -2.50. The first-order valence-electron chi connectivity index (χ1n) is 10.7. The number of carbonyl (C=O) groups is 2. The maximum absolute atomic E-state index is 12.6. The highest BCUT2D eigenvalue weighted by Crippen LogP contribution is 2.35. The van der Waals surface area contributed by atoms with E-state index in [1.165, 1.54) is 36.6 Å². The number of benzene rings is 1. The number of ether oxygens (including phenoxy) is 1. The van der Waals surface area contributed by atoms with Crippen LogP contribution in [-0.2, 0) is 20.7 Å². The molecule has 2 heterocycles. The number of amides is 1. The van der Waals surface area contributed by atoms with Gasteiger partial charge in [0.15, 0.2) is 6.61 Å². The van der Waals surface area contributed by atoms with E-state index < -0.39 is 0 Å². The number of nitrogens with zero attached hydrogens (tertiary/aromatic N) is 1. The largest absolute Gasteiger partial charge is 0.456 e. The van der Waals surface area contributed by atoms with Crippen LogP contribution in [0.5, 0.6) is 0 Å². The van der Waals surface area contributed by atoms with Crippen molar-refractivity contribution < 1.29 is 14.3 Å². The average Bonchev–Trinajstić information content (AvgIpc) is 3.15. The van der Waals surface area contributed by atoms with Crippen molar-refractivity contribution in [3.63, 3.8) is 0 Å². The molecule has 28 heavy (non-hydrogen) atoms. The fourth-order valence-corrected chi connectivity index (χ4v) is 4.99. The summed E-state index contributed by atoms with van der Waals surface area (Å²) in [4.78, 5) is 30.0. The Labute approximate surface area is 166 Å². The third-order valence-corrected chi connectivity index (χ3v) is 6.42. The summed E-state index contributed by atoms with van der Waals surface area (Å²) in [5, 5.41) is 1.21. The van der Waals surface area contributed by atoms with E-state index in [-0.39, 0.29) is 18.5 Å². The molecule has 1 aliphatic carbocycles. The number of rotatable bonds is 6. The minimum atomic E-state index is -0.273. The van der Waals surface area contributed by atoms with Gasteiger partial charge in [-0.1, -0.05) is 31.0 Å². The zero-order valence-corrected chi connectivity index (χ0v) is 16.5. The van der Waals surface area contributed by atoms with Crippen molar-refractivity contribution in [2.75, 3.05) is 13.2 Å². The number of carbonyl (C=O) groups excluding carboxylic acids is 2. The normalized spacial score (nSPS) is 22.1. The van der Waals surface area contributed by atoms with Crippen molar-refractivity contribution in [1.82, 2.24) is 9.88 Å². The minimum Gasteiger partial charge on any atom is -0.456 e. The SMILES string of the molecule is O=C(CCCc1c[nH]c2ccccc12)OCC(=O)N1CCC[C@H]2CCCC[C@@H]21. The molecule has 0 spiro atoms. The molecule has 1 saturated carbocycles. The van der Waals surface area contributed by atoms with E-state index in [2.05, 4.69) is 17.1 Å². The summed E-state index contributed by atoms with van der Waals surface area (Å²) in [6.07, 6.45) is 11.1. The first-order valence-corrected chi connectivity index (χ1v) is 10.7. The van der Waals surface area contributed by atoms with Gasteiger partial charge in [-0.15, -0.1) is 0 Å². The Bertz CT molecular complexity index is 826. The predicted octanol–water partition coefficient (Wildman–Crippen LogP) is 4.22. The topological polar surface area (TPSA) is 62.4 Å². The van der Waals surface area contributed by atoms with Gasteiger partial charge >= 0.3 is 5.97 Å². The van der Waals surface area contributed by atoms with Gasteiger partial charge in [0, 0.05) is 36.1 Å². The summed E-state index contributed by atoms with van der Waals surface area (Å²) in [5.41, 5.74) is 2.34. The molecule has 2 atom stereocenters. The molecular formula is C23H30N2O3. The number of hydrogen-bond acceptors (Lipinski definition) is 3. The van der Waals surface area contributed by atoms with E-state index in [4.69, 9.17) is 4.74 Å². The molecule has 1 aromatic heterocycles. The summed E-state index contributed by atoms with van der Waals surface area (Å²) >= 11 is 0. The van der Waals surface area contributed by atoms with Crippen molar-refractivity contribution in [2.24, 2.45) is 5.92 Å². The van der Waals surface area contributed by atoms with Crippen LogP contribution in [0.3, 0.4) is 0 Å². The Morgan fingerprint density at radius 2 is 1.93 bits per heavy atom. The van der Waals surface area contributed by atoms with Gasteiger partial charge in [-0.05, 0) is 56.1 Å². The van der Waals surface area contributed by atoms with Crippen LogP contribution in [0.4, 0.5) is 0 Å². The molecule has 1 saturated heterocycles. The van der Waals surface area contributed by atoms with Crippen molar-refractivity contribution in [3.8, 4) is 0 Å². The average molecular weight is 383 g/mol. The second kappa shape index (κ2) is 8.80. The van der Waals surface area contributed by atoms with Crippen LogP contribution in [0.2, 0.25) is 0 Å². The molecule has 0 radical (unpaired) electrons. The standard InChI is InChI=1S/C23H30N2O3/c26-22(25-14-6-9-17-7-1-4-12-21(17)25)16-28-23(27)13-5-8-18-15-24-20-11-3-2-10-19(18)20/h2-3,10-11,15,17,21,24H,1,4-9,12-14,16H2/t17-,21+/m1/s1. The summed E-state index contributed by atoms with van der Waals surface area (Å²) in [5.74, 6) is 0.366. The molecule has 2 aliphatic rings. The van der Waals surface area contributed by atoms with E-state index in [0.717, 1.165) is 37.7 Å². The van der Waals surface area contributed by atoms with Crippen molar-refractivity contribution >= 4 is 22.8 Å². The van der Waals surface area contributed by atoms with Crippen LogP contribution in [0, 0.1) is 5.92 Å². The Morgan fingerprint density at radius 3 is 2.86 bits per heavy atom. The van der Waals surface area contributed by atoms with Crippen LogP contribution in [0.25, 0.3) is 10.9 Å². The number of piperidine rings is 1. The monoisotopic (exact) mass is 382 g/mol. The second-order valence-electron chi connectivity index (χ2n) is 8.21. The van der Waals surface area contributed by atoms with E-state index in [9.17, 15) is 9.59 Å². The van der Waals surface area contributed by atoms with Gasteiger partial charge in [0.2, 0.25) is 0 Å². The highest BCUT2D eigenvalue weighted by atomic mass is 16.5. The molecule has 0 unspecified atom stereocenters. The quantitative estimate of drug-likeness (QED) is 0.761. The lowest BCUT2D eigenvalue weighted by atomic mass is 9.78. The van der Waals surface area contributed by atoms with E-state index >= 15 is 0 Å². The third-order valence-electron chi connectivity index (χ3n) is 6.42. The number of likely N-dealkylation sites (tertiary alicyclic amines) is 1. The predicted molar refractivity (Wildman–Crippen MR) is 109 cm³/mol. The number of esters is 1. The number of hydrogen-bond donors (Lipinski definition) is 1. The number of H-pyrrole nitrogens is 1. The van der Waals surface area contributed by atoms with Gasteiger partial charge in [-0.2, -0.15) is 0 Å². The first kappa shape index (κ1) is 19.0. The number of para-hydroxylation sites is 1. The molecular weight excluding hydrogens is 352 g/mol. The van der Waals surface area contributed by atoms with Gasteiger partial charge < -0.3 is 14.6 Å². The van der Waals surface area contributed by atoms with E-state index in [1.54, 1.807) is 0 Å². The molecule has 1 amide bonds. The summed E-state index contributed by atoms with van der Waals surface area (Å²) in [7, 11) is 0. The van der Waals surface area contributed by atoms with Gasteiger partial charge in [0.25, 0.3) is 5.91 Å². The maximum Gasteiger partial charge on any atom is 0.306 e. The third kappa shape index (κ3) is 4.23. The van der Waals surface area contributed by atoms with Crippen LogP contribution in [0.15, 0.2) is 30.5 Å². The molecule has 5 nitrogen and oxygen atoms in total. The molecule has 1 aliphatic heterocycles. The maximum atomic E-state index is 12.6. The summed E-state index contributed by atoms with van der Waals surface area (Å²) in [6, 6.07) is 8.55. The van der Waals surface area contributed by atoms with Crippen molar-refractivity contribution in [2.45, 2.75) is 63.8 Å². The molecule has 2 aromatic rings. The smallest absolute Gasteiger partial charge is 0.306 e. The minimum absolute atomic E-state index is 0.0124. The molecule has 2 fully saturated rings. The number of fused-ring (bicyclic) bond motifs is 2. The fourth-order valence-electron chi connectivity index (χ4n) is 4.99. The number of nitrogens with one attached hydrogen (secondary N) is 1. The Morgan fingerprint density at radius 1 is 1.11 bits per heavy atom. The highest BCUT2D eigenvalue weighted by molar-refractivity contribution is 5.83. The molecule has 150 valence electrons.